The van der Waals surface area contributed by atoms with Gasteiger partial charge in [0.05, 0.1) is 5.69 Å². The molecule has 0 atom stereocenters. The Kier molecular flexibility index (Phi) is 3.71. The lowest BCUT2D eigenvalue weighted by molar-refractivity contribution is -0.118. The highest BCUT2D eigenvalue weighted by Gasteiger charge is 2.31. The van der Waals surface area contributed by atoms with Crippen molar-refractivity contribution in [3.63, 3.8) is 0 Å². The first-order chi connectivity index (χ1) is 8.24. The van der Waals surface area contributed by atoms with Crippen molar-refractivity contribution in [2.45, 2.75) is 12.8 Å². The Bertz CT molecular complexity index is 410. The van der Waals surface area contributed by atoms with Crippen molar-refractivity contribution in [1.82, 2.24) is 5.01 Å². The number of benzene rings is 1. The van der Waals surface area contributed by atoms with Gasteiger partial charge in [0, 0.05) is 19.5 Å². The maximum Gasteiger partial charge on any atom is 0.243 e. The molecule has 2 N–H and O–H groups in total. The molecule has 0 bridgehead atoms. The van der Waals surface area contributed by atoms with Gasteiger partial charge in [-0.3, -0.25) is 4.79 Å². The summed E-state index contributed by atoms with van der Waals surface area (Å²) in [6, 6.07) is 6.32. The van der Waals surface area contributed by atoms with E-state index in [1.807, 2.05) is 5.01 Å². The third-order valence-corrected chi connectivity index (χ3v) is 2.80. The van der Waals surface area contributed by atoms with Crippen molar-refractivity contribution >= 4 is 11.6 Å². The molecule has 0 spiro atoms. The molecule has 1 aromatic carbocycles. The topological polar surface area (TPSA) is 49.6 Å². The number of para-hydroxylation sites is 1. The zero-order chi connectivity index (χ0) is 12.3. The molecule has 0 unspecified atom stereocenters. The van der Waals surface area contributed by atoms with Crippen LogP contribution in [0.15, 0.2) is 24.3 Å². The van der Waals surface area contributed by atoms with Gasteiger partial charge < -0.3 is 5.73 Å². The number of nitrogens with zero attached hydrogens (tertiary/aromatic N) is 2. The molecule has 1 aromatic rings. The fraction of sp³-hybridized carbons (Fsp3) is 0.417. The van der Waals surface area contributed by atoms with Crippen LogP contribution in [0.5, 0.6) is 0 Å². The normalized spacial score (nSPS) is 16.8. The molecule has 1 amide bonds. The zero-order valence-corrected chi connectivity index (χ0v) is 9.60. The van der Waals surface area contributed by atoms with Gasteiger partial charge in [0.2, 0.25) is 5.91 Å². The number of hydrazine groups is 1. The first-order valence-electron chi connectivity index (χ1n) is 5.76. The van der Waals surface area contributed by atoms with Crippen LogP contribution in [0, 0.1) is 5.82 Å². The van der Waals surface area contributed by atoms with E-state index in [2.05, 4.69) is 0 Å². The quantitative estimate of drug-likeness (QED) is 0.854. The summed E-state index contributed by atoms with van der Waals surface area (Å²) in [5, 5.41) is 3.29. The van der Waals surface area contributed by atoms with E-state index in [0.29, 0.717) is 31.7 Å². The van der Waals surface area contributed by atoms with Crippen molar-refractivity contribution in [1.29, 1.82) is 0 Å². The van der Waals surface area contributed by atoms with Crippen LogP contribution in [0.25, 0.3) is 0 Å². The summed E-state index contributed by atoms with van der Waals surface area (Å²) >= 11 is 0. The minimum atomic E-state index is -0.375. The van der Waals surface area contributed by atoms with Crippen LogP contribution in [-0.2, 0) is 4.79 Å². The molecule has 1 heterocycles. The van der Waals surface area contributed by atoms with Crippen LogP contribution in [0.2, 0.25) is 0 Å². The largest absolute Gasteiger partial charge is 0.330 e. The smallest absolute Gasteiger partial charge is 0.243 e. The molecule has 17 heavy (non-hydrogen) atoms. The molecular formula is C12H16FN3O. The van der Waals surface area contributed by atoms with Gasteiger partial charge in [0.1, 0.15) is 5.82 Å². The van der Waals surface area contributed by atoms with Gasteiger partial charge in [-0.15, -0.1) is 0 Å². The Balaban J connectivity index is 2.22. The zero-order valence-electron chi connectivity index (χ0n) is 9.60. The molecule has 0 radical (unpaired) electrons. The summed E-state index contributed by atoms with van der Waals surface area (Å²) in [5.74, 6) is -0.437. The highest BCUT2D eigenvalue weighted by molar-refractivity contribution is 5.94. The van der Waals surface area contributed by atoms with Gasteiger partial charge in [-0.25, -0.2) is 14.4 Å². The van der Waals surface area contributed by atoms with Gasteiger partial charge in [-0.05, 0) is 25.1 Å². The van der Waals surface area contributed by atoms with E-state index in [1.165, 1.54) is 11.1 Å². The van der Waals surface area contributed by atoms with Crippen molar-refractivity contribution in [2.75, 3.05) is 24.6 Å². The summed E-state index contributed by atoms with van der Waals surface area (Å²) in [5.41, 5.74) is 5.78. The van der Waals surface area contributed by atoms with E-state index >= 15 is 0 Å². The molecule has 4 nitrogen and oxygen atoms in total. The van der Waals surface area contributed by atoms with E-state index in [4.69, 9.17) is 5.73 Å². The highest BCUT2D eigenvalue weighted by atomic mass is 19.1. The molecule has 0 aliphatic carbocycles. The molecule has 1 aliphatic heterocycles. The Labute approximate surface area is 99.8 Å². The Morgan fingerprint density at radius 1 is 1.35 bits per heavy atom. The maximum absolute atomic E-state index is 13.7. The standard InChI is InChI=1S/C12H16FN3O/c13-10-4-1-2-5-11(10)16-12(17)6-9-15(16)8-3-7-14/h1-2,4-5H,3,6-9,14H2. The Morgan fingerprint density at radius 2 is 2.12 bits per heavy atom. The van der Waals surface area contributed by atoms with Crippen LogP contribution < -0.4 is 10.7 Å². The summed E-state index contributed by atoms with van der Waals surface area (Å²) in [4.78, 5) is 11.8. The van der Waals surface area contributed by atoms with E-state index < -0.39 is 0 Å². The molecule has 0 saturated carbocycles. The van der Waals surface area contributed by atoms with Crippen molar-refractivity contribution < 1.29 is 9.18 Å². The molecule has 92 valence electrons. The van der Waals surface area contributed by atoms with Gasteiger partial charge in [0.15, 0.2) is 0 Å². The predicted octanol–water partition coefficient (Wildman–Crippen LogP) is 1.13. The molecule has 1 fully saturated rings. The number of hydrogen-bond acceptors (Lipinski definition) is 3. The summed E-state index contributed by atoms with van der Waals surface area (Å²) in [7, 11) is 0. The monoisotopic (exact) mass is 237 g/mol. The first-order valence-corrected chi connectivity index (χ1v) is 5.76. The minimum Gasteiger partial charge on any atom is -0.330 e. The third kappa shape index (κ3) is 2.45. The second-order valence-corrected chi connectivity index (χ2v) is 4.00. The van der Waals surface area contributed by atoms with E-state index in [1.54, 1.807) is 18.2 Å². The average molecular weight is 237 g/mol. The highest BCUT2D eigenvalue weighted by Crippen LogP contribution is 2.25. The third-order valence-electron chi connectivity index (χ3n) is 2.80. The molecule has 2 rings (SSSR count). The summed E-state index contributed by atoms with van der Waals surface area (Å²) < 4.78 is 13.7. The number of anilines is 1. The number of hydrogen-bond donors (Lipinski definition) is 1. The second-order valence-electron chi connectivity index (χ2n) is 4.00. The van der Waals surface area contributed by atoms with E-state index in [-0.39, 0.29) is 11.7 Å². The van der Waals surface area contributed by atoms with Gasteiger partial charge >= 0.3 is 0 Å². The van der Waals surface area contributed by atoms with Crippen LogP contribution >= 0.6 is 0 Å². The maximum atomic E-state index is 13.7. The van der Waals surface area contributed by atoms with Gasteiger partial charge in [-0.2, -0.15) is 0 Å². The van der Waals surface area contributed by atoms with Crippen molar-refractivity contribution in [3.05, 3.63) is 30.1 Å². The number of rotatable bonds is 4. The van der Waals surface area contributed by atoms with Crippen molar-refractivity contribution in [2.24, 2.45) is 5.73 Å². The summed E-state index contributed by atoms with van der Waals surface area (Å²) in [6.07, 6.45) is 1.22. The molecular weight excluding hydrogens is 221 g/mol. The van der Waals surface area contributed by atoms with E-state index in [9.17, 15) is 9.18 Å². The number of halogens is 1. The Hall–Kier alpha value is -1.46. The molecule has 1 saturated heterocycles. The van der Waals surface area contributed by atoms with Crippen LogP contribution in [0.4, 0.5) is 10.1 Å². The second kappa shape index (κ2) is 5.25. The number of amides is 1. The predicted molar refractivity (Wildman–Crippen MR) is 63.7 cm³/mol. The molecule has 5 heteroatoms. The molecule has 1 aliphatic rings. The van der Waals surface area contributed by atoms with E-state index in [0.717, 1.165) is 6.42 Å². The van der Waals surface area contributed by atoms with Crippen molar-refractivity contribution in [3.8, 4) is 0 Å². The SMILES string of the molecule is NCCCN1CCC(=O)N1c1ccccc1F. The lowest BCUT2D eigenvalue weighted by Gasteiger charge is -2.28. The molecule has 0 aromatic heterocycles. The van der Waals surface area contributed by atoms with Crippen LogP contribution in [0.1, 0.15) is 12.8 Å². The van der Waals surface area contributed by atoms with Gasteiger partial charge in [-0.1, -0.05) is 12.1 Å². The Morgan fingerprint density at radius 3 is 2.82 bits per heavy atom. The number of carbonyl (C=O) groups excluding carboxylic acids is 1. The number of carbonyl (C=O) groups is 1. The lowest BCUT2D eigenvalue weighted by atomic mass is 10.3. The minimum absolute atomic E-state index is 0.0629. The fourth-order valence-electron chi connectivity index (χ4n) is 1.98. The van der Waals surface area contributed by atoms with Gasteiger partial charge in [0.25, 0.3) is 0 Å². The van der Waals surface area contributed by atoms with Crippen LogP contribution in [-0.4, -0.2) is 30.6 Å². The fourth-order valence-corrected chi connectivity index (χ4v) is 1.98. The number of nitrogens with two attached hydrogens (primary N) is 1. The first kappa shape index (κ1) is 12.0. The summed E-state index contributed by atoms with van der Waals surface area (Å²) in [6.45, 7) is 1.87. The van der Waals surface area contributed by atoms with Crippen LogP contribution in [0.3, 0.4) is 0 Å². The lowest BCUT2D eigenvalue weighted by Crippen LogP contribution is -2.40. The average Bonchev–Trinajstić information content (AvgIpc) is 2.69.